The summed E-state index contributed by atoms with van der Waals surface area (Å²) < 4.78 is 12.4. The van der Waals surface area contributed by atoms with Crippen molar-refractivity contribution in [1.82, 2.24) is 9.78 Å². The summed E-state index contributed by atoms with van der Waals surface area (Å²) in [6.45, 7) is 0. The van der Waals surface area contributed by atoms with Crippen LogP contribution in [0.25, 0.3) is 11.3 Å². The van der Waals surface area contributed by atoms with Crippen LogP contribution in [0.2, 0.25) is 0 Å². The molecule has 0 unspecified atom stereocenters. The minimum atomic E-state index is -0.269. The highest BCUT2D eigenvalue weighted by atomic mass is 16.5. The largest absolute Gasteiger partial charge is 0.497 e. The third-order valence-electron chi connectivity index (χ3n) is 3.83. The number of hydrogen-bond acceptors (Lipinski definition) is 4. The smallest absolute Gasteiger partial charge is 0.276 e. The first kappa shape index (κ1) is 16.6. The van der Waals surface area contributed by atoms with Crippen molar-refractivity contribution in [2.75, 3.05) is 19.5 Å². The second kappa shape index (κ2) is 7.09. The summed E-state index contributed by atoms with van der Waals surface area (Å²) in [7, 11) is 4.99. The van der Waals surface area contributed by atoms with Gasteiger partial charge < -0.3 is 14.8 Å². The van der Waals surface area contributed by atoms with Crippen LogP contribution in [0, 0.1) is 0 Å². The van der Waals surface area contributed by atoms with Gasteiger partial charge in [-0.2, -0.15) is 5.10 Å². The highest BCUT2D eigenvalue weighted by Crippen LogP contribution is 2.33. The molecule has 2 aromatic carbocycles. The maximum absolute atomic E-state index is 12.4. The number of aromatic nitrogens is 2. The minimum absolute atomic E-state index is 0.269. The molecular weight excluding hydrogens is 318 g/mol. The Morgan fingerprint density at radius 3 is 2.48 bits per heavy atom. The standard InChI is InChI=1S/C19H19N3O3/c1-22-17(15-11-14(24-2)9-10-18(15)25-3)12-16(21-22)19(23)20-13-7-5-4-6-8-13/h4-12H,1-3H3,(H,20,23). The number of benzene rings is 2. The molecule has 1 aromatic heterocycles. The zero-order chi connectivity index (χ0) is 17.8. The van der Waals surface area contributed by atoms with Crippen LogP contribution in [0.3, 0.4) is 0 Å². The van der Waals surface area contributed by atoms with E-state index in [1.807, 2.05) is 48.5 Å². The van der Waals surface area contributed by atoms with E-state index in [-0.39, 0.29) is 5.91 Å². The van der Waals surface area contributed by atoms with E-state index in [2.05, 4.69) is 10.4 Å². The number of carbonyl (C=O) groups is 1. The van der Waals surface area contributed by atoms with Gasteiger partial charge in [-0.25, -0.2) is 0 Å². The van der Waals surface area contributed by atoms with Gasteiger partial charge in [0.05, 0.1) is 19.9 Å². The second-order valence-electron chi connectivity index (χ2n) is 5.42. The van der Waals surface area contributed by atoms with Crippen LogP contribution in [0.4, 0.5) is 5.69 Å². The molecule has 3 rings (SSSR count). The Balaban J connectivity index is 1.94. The Labute approximate surface area is 146 Å². The highest BCUT2D eigenvalue weighted by molar-refractivity contribution is 6.03. The minimum Gasteiger partial charge on any atom is -0.497 e. The number of hydrogen-bond donors (Lipinski definition) is 1. The first-order valence-electron chi connectivity index (χ1n) is 7.75. The van der Waals surface area contributed by atoms with E-state index in [9.17, 15) is 4.79 Å². The van der Waals surface area contributed by atoms with E-state index in [1.54, 1.807) is 32.0 Å². The van der Waals surface area contributed by atoms with Crippen LogP contribution in [0.5, 0.6) is 11.5 Å². The predicted octanol–water partition coefficient (Wildman–Crippen LogP) is 3.36. The molecule has 0 spiro atoms. The van der Waals surface area contributed by atoms with Crippen LogP contribution in [-0.4, -0.2) is 29.9 Å². The number of methoxy groups -OCH3 is 2. The molecule has 6 nitrogen and oxygen atoms in total. The van der Waals surface area contributed by atoms with E-state index < -0.39 is 0 Å². The Kier molecular flexibility index (Phi) is 4.70. The Bertz CT molecular complexity index is 888. The van der Waals surface area contributed by atoms with E-state index >= 15 is 0 Å². The fourth-order valence-corrected chi connectivity index (χ4v) is 2.56. The number of rotatable bonds is 5. The molecule has 0 aliphatic heterocycles. The average Bonchev–Trinajstić information content (AvgIpc) is 3.03. The van der Waals surface area contributed by atoms with Gasteiger partial charge in [0.1, 0.15) is 11.5 Å². The number of para-hydroxylation sites is 1. The van der Waals surface area contributed by atoms with Crippen molar-refractivity contribution in [3.05, 3.63) is 60.3 Å². The topological polar surface area (TPSA) is 65.4 Å². The number of aryl methyl sites for hydroxylation is 1. The molecule has 3 aromatic rings. The Morgan fingerprint density at radius 2 is 1.80 bits per heavy atom. The molecule has 0 saturated heterocycles. The van der Waals surface area contributed by atoms with Gasteiger partial charge in [-0.15, -0.1) is 0 Å². The van der Waals surface area contributed by atoms with E-state index in [1.165, 1.54) is 0 Å². The molecule has 0 atom stereocenters. The number of amides is 1. The summed E-state index contributed by atoms with van der Waals surface area (Å²) in [5.41, 5.74) is 2.61. The fraction of sp³-hybridized carbons (Fsp3) is 0.158. The maximum Gasteiger partial charge on any atom is 0.276 e. The van der Waals surface area contributed by atoms with Crippen molar-refractivity contribution >= 4 is 11.6 Å². The molecule has 1 heterocycles. The van der Waals surface area contributed by atoms with Gasteiger partial charge in [0, 0.05) is 18.3 Å². The lowest BCUT2D eigenvalue weighted by Crippen LogP contribution is -2.12. The molecule has 128 valence electrons. The molecule has 1 amide bonds. The first-order valence-corrected chi connectivity index (χ1v) is 7.75. The van der Waals surface area contributed by atoms with Crippen molar-refractivity contribution in [2.24, 2.45) is 7.05 Å². The number of carbonyl (C=O) groups excluding carboxylic acids is 1. The molecule has 25 heavy (non-hydrogen) atoms. The van der Waals surface area contributed by atoms with Crippen molar-refractivity contribution in [1.29, 1.82) is 0 Å². The van der Waals surface area contributed by atoms with Crippen molar-refractivity contribution < 1.29 is 14.3 Å². The predicted molar refractivity (Wildman–Crippen MR) is 96.1 cm³/mol. The number of ether oxygens (including phenoxy) is 2. The molecule has 0 aliphatic rings. The molecule has 0 fully saturated rings. The molecular formula is C19H19N3O3. The van der Waals surface area contributed by atoms with Gasteiger partial charge in [-0.1, -0.05) is 18.2 Å². The van der Waals surface area contributed by atoms with Gasteiger partial charge >= 0.3 is 0 Å². The lowest BCUT2D eigenvalue weighted by atomic mass is 10.1. The summed E-state index contributed by atoms with van der Waals surface area (Å²) in [5, 5.41) is 7.15. The van der Waals surface area contributed by atoms with Crippen molar-refractivity contribution in [3.63, 3.8) is 0 Å². The molecule has 0 saturated carbocycles. The quantitative estimate of drug-likeness (QED) is 0.775. The van der Waals surface area contributed by atoms with E-state index in [4.69, 9.17) is 9.47 Å². The summed E-state index contributed by atoms with van der Waals surface area (Å²) in [4.78, 5) is 12.4. The summed E-state index contributed by atoms with van der Waals surface area (Å²) in [6.07, 6.45) is 0. The molecule has 0 bridgehead atoms. The lowest BCUT2D eigenvalue weighted by molar-refractivity contribution is 0.102. The van der Waals surface area contributed by atoms with Crippen LogP contribution in [0.15, 0.2) is 54.6 Å². The van der Waals surface area contributed by atoms with Crippen LogP contribution >= 0.6 is 0 Å². The van der Waals surface area contributed by atoms with Gasteiger partial charge in [0.2, 0.25) is 0 Å². The number of nitrogens with one attached hydrogen (secondary N) is 1. The SMILES string of the molecule is COc1ccc(OC)c(-c2cc(C(=O)Nc3ccccc3)nn2C)c1. The van der Waals surface area contributed by atoms with Crippen LogP contribution in [0.1, 0.15) is 10.5 Å². The van der Waals surface area contributed by atoms with Crippen LogP contribution < -0.4 is 14.8 Å². The maximum atomic E-state index is 12.4. The van der Waals surface area contributed by atoms with Crippen LogP contribution in [-0.2, 0) is 7.05 Å². The second-order valence-corrected chi connectivity index (χ2v) is 5.42. The summed E-state index contributed by atoms with van der Waals surface area (Å²) in [5.74, 6) is 1.11. The summed E-state index contributed by atoms with van der Waals surface area (Å²) >= 11 is 0. The first-order chi connectivity index (χ1) is 12.1. The highest BCUT2D eigenvalue weighted by Gasteiger charge is 2.17. The van der Waals surface area contributed by atoms with Crippen molar-refractivity contribution in [2.45, 2.75) is 0 Å². The van der Waals surface area contributed by atoms with Crippen molar-refractivity contribution in [3.8, 4) is 22.8 Å². The van der Waals surface area contributed by atoms with E-state index in [0.717, 1.165) is 16.9 Å². The lowest BCUT2D eigenvalue weighted by Gasteiger charge is -2.10. The third-order valence-corrected chi connectivity index (χ3v) is 3.83. The monoisotopic (exact) mass is 337 g/mol. The third kappa shape index (κ3) is 3.47. The molecule has 1 N–H and O–H groups in total. The van der Waals surface area contributed by atoms with Gasteiger partial charge in [-0.05, 0) is 36.4 Å². The van der Waals surface area contributed by atoms with Gasteiger partial charge in [0.25, 0.3) is 5.91 Å². The number of anilines is 1. The Morgan fingerprint density at radius 1 is 1.04 bits per heavy atom. The molecule has 0 radical (unpaired) electrons. The Hall–Kier alpha value is -3.28. The van der Waals surface area contributed by atoms with Gasteiger partial charge in [-0.3, -0.25) is 9.48 Å². The average molecular weight is 337 g/mol. The fourth-order valence-electron chi connectivity index (χ4n) is 2.56. The molecule has 6 heteroatoms. The number of nitrogens with zero attached hydrogens (tertiary/aromatic N) is 2. The zero-order valence-corrected chi connectivity index (χ0v) is 14.3. The summed E-state index contributed by atoms with van der Waals surface area (Å²) in [6, 6.07) is 16.5. The van der Waals surface area contributed by atoms with Gasteiger partial charge in [0.15, 0.2) is 5.69 Å². The zero-order valence-electron chi connectivity index (χ0n) is 14.3. The van der Waals surface area contributed by atoms with E-state index in [0.29, 0.717) is 17.2 Å². The normalized spacial score (nSPS) is 10.4. The molecule has 0 aliphatic carbocycles.